The van der Waals surface area contributed by atoms with Gasteiger partial charge in [0, 0.05) is 23.6 Å². The first-order valence-electron chi connectivity index (χ1n) is 9.80. The Morgan fingerprint density at radius 2 is 2.07 bits per heavy atom. The van der Waals surface area contributed by atoms with E-state index < -0.39 is 0 Å². The maximum Gasteiger partial charge on any atom is 0.267 e. The van der Waals surface area contributed by atoms with Crippen molar-refractivity contribution in [2.24, 2.45) is 0 Å². The number of fused-ring (bicyclic) bond motifs is 3. The first kappa shape index (κ1) is 21.4. The molecular formula is C21H22ClN3O3S2. The molecule has 0 spiro atoms. The molecule has 158 valence electrons. The van der Waals surface area contributed by atoms with E-state index in [1.807, 2.05) is 0 Å². The number of amides is 1. The van der Waals surface area contributed by atoms with E-state index in [9.17, 15) is 9.59 Å². The molecule has 30 heavy (non-hydrogen) atoms. The van der Waals surface area contributed by atoms with Crippen molar-refractivity contribution in [1.82, 2.24) is 14.9 Å². The van der Waals surface area contributed by atoms with Crippen LogP contribution in [0.25, 0.3) is 15.9 Å². The number of halogens is 1. The molecule has 2 aromatic heterocycles. The zero-order chi connectivity index (χ0) is 21.1. The molecule has 0 atom stereocenters. The van der Waals surface area contributed by atoms with E-state index in [0.29, 0.717) is 29.0 Å². The molecule has 6 nitrogen and oxygen atoms in total. The number of ether oxygens (including phenoxy) is 1. The van der Waals surface area contributed by atoms with Crippen LogP contribution in [0.15, 0.2) is 34.2 Å². The molecule has 2 heterocycles. The highest BCUT2D eigenvalue weighted by Gasteiger charge is 2.23. The summed E-state index contributed by atoms with van der Waals surface area (Å²) >= 11 is 8.91. The molecule has 9 heteroatoms. The number of benzene rings is 1. The standard InChI is InChI=1S/C21H22ClN3O3S2/c1-28-11-10-23-17(26)12-29-21-24-19-18(15-4-2-3-5-16(15)30-19)20(27)25(21)14-8-6-13(22)7-9-14/h6-9H,2-5,10-12H2,1H3,(H,23,26). The highest BCUT2D eigenvalue weighted by Crippen LogP contribution is 2.35. The summed E-state index contributed by atoms with van der Waals surface area (Å²) in [4.78, 5) is 32.6. The van der Waals surface area contributed by atoms with Crippen LogP contribution < -0.4 is 10.9 Å². The largest absolute Gasteiger partial charge is 0.383 e. The average Bonchev–Trinajstić information content (AvgIpc) is 3.12. The first-order valence-corrected chi connectivity index (χ1v) is 12.0. The maximum atomic E-state index is 13.6. The minimum atomic E-state index is -0.125. The smallest absolute Gasteiger partial charge is 0.267 e. The Labute approximate surface area is 187 Å². The molecule has 1 N–H and O–H groups in total. The fourth-order valence-corrected chi connectivity index (χ4v) is 5.85. The van der Waals surface area contributed by atoms with Crippen LogP contribution >= 0.6 is 34.7 Å². The summed E-state index contributed by atoms with van der Waals surface area (Å²) in [6.07, 6.45) is 4.16. The third-order valence-corrected chi connectivity index (χ3v) is 7.38. The lowest BCUT2D eigenvalue weighted by Gasteiger charge is -2.13. The number of carbonyl (C=O) groups is 1. The van der Waals surface area contributed by atoms with Crippen molar-refractivity contribution in [3.8, 4) is 5.69 Å². The summed E-state index contributed by atoms with van der Waals surface area (Å²) in [7, 11) is 1.59. The Bertz CT molecular complexity index is 1130. The lowest BCUT2D eigenvalue weighted by molar-refractivity contribution is -0.118. The van der Waals surface area contributed by atoms with Gasteiger partial charge in [-0.2, -0.15) is 0 Å². The number of thiophene rings is 1. The van der Waals surface area contributed by atoms with Gasteiger partial charge in [-0.15, -0.1) is 11.3 Å². The molecule has 1 aliphatic carbocycles. The molecule has 0 saturated heterocycles. The van der Waals surface area contributed by atoms with Crippen LogP contribution in [-0.2, 0) is 22.4 Å². The topological polar surface area (TPSA) is 73.2 Å². The van der Waals surface area contributed by atoms with Crippen molar-refractivity contribution in [3.05, 3.63) is 50.1 Å². The van der Waals surface area contributed by atoms with Gasteiger partial charge in [0.1, 0.15) is 4.83 Å². The summed E-state index contributed by atoms with van der Waals surface area (Å²) < 4.78 is 6.56. The van der Waals surface area contributed by atoms with Crippen molar-refractivity contribution < 1.29 is 9.53 Å². The number of hydrogen-bond acceptors (Lipinski definition) is 6. The van der Waals surface area contributed by atoms with Gasteiger partial charge < -0.3 is 10.1 Å². The Morgan fingerprint density at radius 1 is 1.30 bits per heavy atom. The normalized spacial score (nSPS) is 13.4. The Morgan fingerprint density at radius 3 is 2.83 bits per heavy atom. The summed E-state index contributed by atoms with van der Waals surface area (Å²) in [6.45, 7) is 0.904. The molecule has 0 saturated carbocycles. The molecule has 4 rings (SSSR count). The van der Waals surface area contributed by atoms with E-state index >= 15 is 0 Å². The molecule has 1 amide bonds. The van der Waals surface area contributed by atoms with Gasteiger partial charge in [0.05, 0.1) is 23.4 Å². The third-order valence-electron chi connectivity index (χ3n) is 5.00. The van der Waals surface area contributed by atoms with Crippen LogP contribution in [0.3, 0.4) is 0 Å². The van der Waals surface area contributed by atoms with E-state index in [-0.39, 0.29) is 17.2 Å². The number of nitrogens with one attached hydrogen (secondary N) is 1. The van der Waals surface area contributed by atoms with Gasteiger partial charge in [-0.05, 0) is 55.5 Å². The number of aromatic nitrogens is 2. The molecule has 3 aromatic rings. The van der Waals surface area contributed by atoms with Crippen LogP contribution in [0.1, 0.15) is 23.3 Å². The van der Waals surface area contributed by atoms with Crippen molar-refractivity contribution in [2.75, 3.05) is 26.0 Å². The van der Waals surface area contributed by atoms with E-state index in [2.05, 4.69) is 5.32 Å². The van der Waals surface area contributed by atoms with Crippen LogP contribution in [0.5, 0.6) is 0 Å². The molecule has 0 unspecified atom stereocenters. The molecule has 1 aliphatic rings. The second-order valence-corrected chi connectivity index (χ2v) is 9.50. The zero-order valence-corrected chi connectivity index (χ0v) is 19.0. The number of methoxy groups -OCH3 is 1. The predicted molar refractivity (Wildman–Crippen MR) is 122 cm³/mol. The summed E-state index contributed by atoms with van der Waals surface area (Å²) in [5, 5.41) is 4.63. The monoisotopic (exact) mass is 463 g/mol. The second kappa shape index (κ2) is 9.51. The van der Waals surface area contributed by atoms with Crippen molar-refractivity contribution in [1.29, 1.82) is 0 Å². The minimum Gasteiger partial charge on any atom is -0.383 e. The maximum absolute atomic E-state index is 13.6. The Kier molecular flexibility index (Phi) is 6.77. The quantitative estimate of drug-likeness (QED) is 0.327. The van der Waals surface area contributed by atoms with E-state index in [1.54, 1.807) is 47.3 Å². The van der Waals surface area contributed by atoms with Crippen molar-refractivity contribution >= 4 is 50.8 Å². The number of hydrogen-bond donors (Lipinski definition) is 1. The van der Waals surface area contributed by atoms with Crippen LogP contribution in [0.4, 0.5) is 0 Å². The van der Waals surface area contributed by atoms with Gasteiger partial charge in [0.25, 0.3) is 5.56 Å². The zero-order valence-electron chi connectivity index (χ0n) is 16.6. The highest BCUT2D eigenvalue weighted by atomic mass is 35.5. The molecule has 1 aromatic carbocycles. The van der Waals surface area contributed by atoms with Crippen LogP contribution in [0.2, 0.25) is 5.02 Å². The van der Waals surface area contributed by atoms with Gasteiger partial charge >= 0.3 is 0 Å². The summed E-state index contributed by atoms with van der Waals surface area (Å²) in [5.41, 5.74) is 1.76. The van der Waals surface area contributed by atoms with Gasteiger partial charge in [0.2, 0.25) is 5.91 Å². The van der Waals surface area contributed by atoms with Gasteiger partial charge in [-0.1, -0.05) is 23.4 Å². The fraction of sp³-hybridized carbons (Fsp3) is 0.381. The van der Waals surface area contributed by atoms with E-state index in [0.717, 1.165) is 41.5 Å². The number of aryl methyl sites for hydroxylation is 2. The average molecular weight is 464 g/mol. The summed E-state index contributed by atoms with van der Waals surface area (Å²) in [6, 6.07) is 7.11. The Balaban J connectivity index is 1.75. The first-order chi connectivity index (χ1) is 14.6. The van der Waals surface area contributed by atoms with Crippen molar-refractivity contribution in [2.45, 2.75) is 30.8 Å². The molecular weight excluding hydrogens is 442 g/mol. The van der Waals surface area contributed by atoms with E-state index in [1.165, 1.54) is 16.6 Å². The SMILES string of the molecule is COCCNC(=O)CSc1nc2sc3c(c2c(=O)n1-c1ccc(Cl)cc1)CCCC3. The third kappa shape index (κ3) is 4.42. The molecule has 0 radical (unpaired) electrons. The van der Waals surface area contributed by atoms with Crippen molar-refractivity contribution in [3.63, 3.8) is 0 Å². The molecule has 0 fully saturated rings. The predicted octanol–water partition coefficient (Wildman–Crippen LogP) is 3.83. The van der Waals surface area contributed by atoms with Crippen LogP contribution in [-0.4, -0.2) is 41.5 Å². The van der Waals surface area contributed by atoms with Gasteiger partial charge in [-0.25, -0.2) is 4.98 Å². The lowest BCUT2D eigenvalue weighted by Crippen LogP contribution is -2.29. The van der Waals surface area contributed by atoms with Gasteiger partial charge in [0.15, 0.2) is 5.16 Å². The molecule has 0 aliphatic heterocycles. The second-order valence-electron chi connectivity index (χ2n) is 7.03. The summed E-state index contributed by atoms with van der Waals surface area (Å²) in [5.74, 6) is 0.0416. The fourth-order valence-electron chi connectivity index (χ4n) is 3.57. The minimum absolute atomic E-state index is 0.0796. The van der Waals surface area contributed by atoms with E-state index in [4.69, 9.17) is 21.3 Å². The number of nitrogens with zero attached hydrogens (tertiary/aromatic N) is 2. The number of thioether (sulfide) groups is 1. The molecule has 0 bridgehead atoms. The highest BCUT2D eigenvalue weighted by molar-refractivity contribution is 7.99. The van der Waals surface area contributed by atoms with Gasteiger partial charge in [-0.3, -0.25) is 14.2 Å². The Hall–Kier alpha value is -1.87. The number of rotatable bonds is 7. The number of carbonyl (C=O) groups excluding carboxylic acids is 1. The lowest BCUT2D eigenvalue weighted by atomic mass is 9.97. The van der Waals surface area contributed by atoms with Crippen LogP contribution in [0, 0.1) is 0 Å².